The molecule has 7 amide bonds. The molecule has 4 aliphatic heterocycles. The van der Waals surface area contributed by atoms with E-state index < -0.39 is 59.8 Å². The number of fused-ring (bicyclic) bond motifs is 2. The maximum atomic E-state index is 15.6. The first-order valence-corrected chi connectivity index (χ1v) is 21.3. The van der Waals surface area contributed by atoms with Crippen LogP contribution in [0.1, 0.15) is 82.4 Å². The van der Waals surface area contributed by atoms with E-state index in [-0.39, 0.29) is 96.2 Å². The van der Waals surface area contributed by atoms with E-state index in [0.29, 0.717) is 44.5 Å². The molecule has 0 bridgehead atoms. The van der Waals surface area contributed by atoms with Gasteiger partial charge in [-0.1, -0.05) is 18.9 Å². The van der Waals surface area contributed by atoms with Crippen molar-refractivity contribution in [1.29, 1.82) is 0 Å². The van der Waals surface area contributed by atoms with Gasteiger partial charge in [0.2, 0.25) is 23.7 Å². The average molecular weight is 905 g/mol. The lowest BCUT2D eigenvalue weighted by atomic mass is 10.0. The van der Waals surface area contributed by atoms with Crippen LogP contribution in [0.15, 0.2) is 36.5 Å². The summed E-state index contributed by atoms with van der Waals surface area (Å²) in [4.78, 5) is 103. The van der Waals surface area contributed by atoms with Gasteiger partial charge >= 0.3 is 5.92 Å². The molecule has 1 aromatic heterocycles. The first kappa shape index (κ1) is 44.8. The molecule has 0 spiro atoms. The fourth-order valence-electron chi connectivity index (χ4n) is 8.93. The Hall–Kier alpha value is -6.84. The minimum Gasteiger partial charge on any atom is -0.495 e. The van der Waals surface area contributed by atoms with Crippen LogP contribution in [0.2, 0.25) is 0 Å². The number of anilines is 5. The molecule has 0 radical (unpaired) electrons. The van der Waals surface area contributed by atoms with E-state index in [0.717, 1.165) is 28.7 Å². The van der Waals surface area contributed by atoms with Gasteiger partial charge in [-0.3, -0.25) is 43.8 Å². The highest BCUT2D eigenvalue weighted by Gasteiger charge is 2.49. The summed E-state index contributed by atoms with van der Waals surface area (Å²) in [6, 6.07) is 5.24. The predicted octanol–water partition coefficient (Wildman–Crippen LogP) is 2.98. The molecule has 4 N–H and O–H groups in total. The number of benzene rings is 2. The number of amides is 7. The van der Waals surface area contributed by atoms with E-state index in [9.17, 15) is 33.6 Å². The number of alkyl halides is 2. The SMILES string of the molecule is COc1cc(C(=O)NC2CCN(C(=O)COCCNc3cccc4c3C(=O)N(C3CCC(=O)NC3=O)C4=O)CC2)c(F)cc1Nc1ncc2c(n1)N(C1CCCC1)CC(F)(F)C(=O)N2C. The topological polar surface area (TPSA) is 225 Å². The van der Waals surface area contributed by atoms with E-state index >= 15 is 13.2 Å². The first-order chi connectivity index (χ1) is 31.1. The van der Waals surface area contributed by atoms with E-state index in [1.54, 1.807) is 17.0 Å². The van der Waals surface area contributed by atoms with Gasteiger partial charge in [0.15, 0.2) is 5.82 Å². The second-order valence-electron chi connectivity index (χ2n) is 16.5. The molecule has 1 aliphatic carbocycles. The van der Waals surface area contributed by atoms with Gasteiger partial charge < -0.3 is 40.1 Å². The van der Waals surface area contributed by atoms with Gasteiger partial charge in [-0.15, -0.1) is 0 Å². The fourth-order valence-corrected chi connectivity index (χ4v) is 8.93. The quantitative estimate of drug-likeness (QED) is 0.143. The molecule has 8 rings (SSSR count). The summed E-state index contributed by atoms with van der Waals surface area (Å²) in [6.45, 7) is -0.221. The Morgan fingerprint density at radius 1 is 0.985 bits per heavy atom. The molecule has 1 atom stereocenters. The van der Waals surface area contributed by atoms with Crippen molar-refractivity contribution in [3.8, 4) is 5.75 Å². The summed E-state index contributed by atoms with van der Waals surface area (Å²) in [5, 5.41) is 10.9. The first-order valence-electron chi connectivity index (χ1n) is 21.3. The fraction of sp³-hybridized carbons (Fsp3) is 0.465. The van der Waals surface area contributed by atoms with Crippen molar-refractivity contribution in [2.24, 2.45) is 0 Å². The number of halogens is 3. The monoisotopic (exact) mass is 904 g/mol. The zero-order valence-electron chi connectivity index (χ0n) is 35.6. The van der Waals surface area contributed by atoms with Crippen LogP contribution in [0, 0.1) is 5.82 Å². The van der Waals surface area contributed by atoms with Gasteiger partial charge in [0.05, 0.1) is 48.8 Å². The van der Waals surface area contributed by atoms with Crippen LogP contribution < -0.4 is 35.8 Å². The van der Waals surface area contributed by atoms with Crippen LogP contribution >= 0.6 is 0 Å². The third-order valence-electron chi connectivity index (χ3n) is 12.4. The van der Waals surface area contributed by atoms with Gasteiger partial charge in [0.1, 0.15) is 29.9 Å². The summed E-state index contributed by atoms with van der Waals surface area (Å²) < 4.78 is 56.8. The summed E-state index contributed by atoms with van der Waals surface area (Å²) in [7, 11) is 2.57. The molecule has 3 fully saturated rings. The van der Waals surface area contributed by atoms with Gasteiger partial charge in [-0.2, -0.15) is 13.8 Å². The number of carbonyl (C=O) groups is 7. The molecule has 2 aromatic carbocycles. The molecule has 5 aliphatic rings. The molecule has 1 unspecified atom stereocenters. The van der Waals surface area contributed by atoms with Crippen molar-refractivity contribution < 1.29 is 56.2 Å². The maximum absolute atomic E-state index is 15.6. The van der Waals surface area contributed by atoms with Crippen LogP contribution in [0.25, 0.3) is 0 Å². The molecule has 3 aromatic rings. The number of likely N-dealkylation sites (tertiary alicyclic amines) is 1. The van der Waals surface area contributed by atoms with Crippen molar-refractivity contribution in [3.63, 3.8) is 0 Å². The Kier molecular flexibility index (Phi) is 12.6. The van der Waals surface area contributed by atoms with E-state index in [1.165, 1.54) is 37.4 Å². The van der Waals surface area contributed by atoms with Crippen LogP contribution in [0.3, 0.4) is 0 Å². The minimum atomic E-state index is -3.66. The highest BCUT2D eigenvalue weighted by Crippen LogP contribution is 2.40. The van der Waals surface area contributed by atoms with E-state index in [1.807, 2.05) is 0 Å². The molecule has 344 valence electrons. The molecule has 5 heterocycles. The molecule has 65 heavy (non-hydrogen) atoms. The number of ether oxygens (including phenoxy) is 2. The normalized spacial score (nSPS) is 20.1. The van der Waals surface area contributed by atoms with Crippen molar-refractivity contribution >= 4 is 70.2 Å². The number of hydrogen-bond acceptors (Lipinski definition) is 14. The predicted molar refractivity (Wildman–Crippen MR) is 226 cm³/mol. The van der Waals surface area contributed by atoms with Gasteiger partial charge in [-0.25, -0.2) is 9.37 Å². The second-order valence-corrected chi connectivity index (χ2v) is 16.5. The van der Waals surface area contributed by atoms with E-state index in [4.69, 9.17) is 9.47 Å². The Balaban J connectivity index is 0.815. The number of aromatic nitrogens is 2. The Labute approximate surface area is 370 Å². The second kappa shape index (κ2) is 18.3. The largest absolute Gasteiger partial charge is 0.495 e. The summed E-state index contributed by atoms with van der Waals surface area (Å²) in [6.07, 6.45) is 5.09. The number of nitrogens with one attached hydrogen (secondary N) is 4. The third kappa shape index (κ3) is 8.98. The third-order valence-corrected chi connectivity index (χ3v) is 12.4. The molecule has 19 nitrogen and oxygen atoms in total. The van der Waals surface area contributed by atoms with Crippen molar-refractivity contribution in [2.75, 3.05) is 74.0 Å². The highest BCUT2D eigenvalue weighted by atomic mass is 19.3. The average Bonchev–Trinajstić information content (AvgIpc) is 3.90. The van der Waals surface area contributed by atoms with E-state index in [2.05, 4.69) is 31.2 Å². The molecular formula is C43H47F3N10O9. The lowest BCUT2D eigenvalue weighted by Gasteiger charge is -2.32. The number of piperidine rings is 2. The standard InChI is InChI=1S/C43H47F3N10O9/c1-53-31-20-48-42(52-36(31)55(24-6-3-4-7-24)22-43(45,46)41(53)63)50-29-19-27(44)26(18-32(29)64-2)37(59)49-23-12-15-54(16-13-23)34(58)21-65-17-14-47-28-9-5-8-25-35(28)40(62)56(39(25)61)30-10-11-33(57)51-38(30)60/h5,8-9,18-20,23-24,30,47H,3-4,6-7,10-17,21-22H2,1-2H3,(H,49,59)(H,48,50,52)(H,51,57,60). The highest BCUT2D eigenvalue weighted by molar-refractivity contribution is 6.25. The number of rotatable bonds is 13. The van der Waals surface area contributed by atoms with Gasteiger partial charge in [0, 0.05) is 56.9 Å². The zero-order valence-corrected chi connectivity index (χ0v) is 35.6. The lowest BCUT2D eigenvalue weighted by Crippen LogP contribution is -2.54. The number of methoxy groups -OCH3 is 1. The number of hydrogen-bond donors (Lipinski definition) is 4. The number of imide groups is 2. The summed E-state index contributed by atoms with van der Waals surface area (Å²) in [5.74, 6) is -9.19. The zero-order chi connectivity index (χ0) is 46.2. The summed E-state index contributed by atoms with van der Waals surface area (Å²) >= 11 is 0. The van der Waals surface area contributed by atoms with Gasteiger partial charge in [0.25, 0.3) is 23.6 Å². The maximum Gasteiger partial charge on any atom is 0.342 e. The van der Waals surface area contributed by atoms with Crippen LogP contribution in [0.4, 0.5) is 42.0 Å². The summed E-state index contributed by atoms with van der Waals surface area (Å²) in [5.41, 5.74) is 0.471. The number of nitrogens with zero attached hydrogens (tertiary/aromatic N) is 6. The number of carbonyl (C=O) groups excluding carboxylic acids is 7. The molecular weight excluding hydrogens is 858 g/mol. The smallest absolute Gasteiger partial charge is 0.342 e. The van der Waals surface area contributed by atoms with Crippen LogP contribution in [-0.4, -0.2) is 139 Å². The Morgan fingerprint density at radius 3 is 2.46 bits per heavy atom. The van der Waals surface area contributed by atoms with Crippen molar-refractivity contribution in [2.45, 2.75) is 75.4 Å². The van der Waals surface area contributed by atoms with Crippen LogP contribution in [-0.2, 0) is 23.9 Å². The minimum absolute atomic E-state index is 0.00510. The lowest BCUT2D eigenvalue weighted by molar-refractivity contribution is -0.140. The molecule has 2 saturated heterocycles. The van der Waals surface area contributed by atoms with Gasteiger partial charge in [-0.05, 0) is 50.3 Å². The molecule has 1 saturated carbocycles. The van der Waals surface area contributed by atoms with Crippen LogP contribution in [0.5, 0.6) is 5.75 Å². The van der Waals surface area contributed by atoms with Crippen molar-refractivity contribution in [3.05, 3.63) is 59.0 Å². The Bertz CT molecular complexity index is 2440. The Morgan fingerprint density at radius 2 is 1.74 bits per heavy atom. The van der Waals surface area contributed by atoms with Crippen molar-refractivity contribution in [1.82, 2.24) is 30.4 Å². The molecule has 22 heteroatoms.